The normalized spacial score (nSPS) is 16.4. The summed E-state index contributed by atoms with van der Waals surface area (Å²) in [4.78, 5) is 12.7. The van der Waals surface area contributed by atoms with Crippen molar-refractivity contribution in [2.24, 2.45) is 5.92 Å². The van der Waals surface area contributed by atoms with Gasteiger partial charge in [-0.05, 0) is 52.4 Å². The molecule has 0 bridgehead atoms. The van der Waals surface area contributed by atoms with E-state index in [4.69, 9.17) is 0 Å². The molecule has 1 N–H and O–H groups in total. The average molecular weight is 358 g/mol. The van der Waals surface area contributed by atoms with Crippen molar-refractivity contribution in [3.05, 3.63) is 70.2 Å². The maximum atomic E-state index is 12.7. The number of benzene rings is 2. The maximum absolute atomic E-state index is 12.7. The van der Waals surface area contributed by atoms with Crippen LogP contribution in [-0.2, 0) is 0 Å². The first-order chi connectivity index (χ1) is 10.8. The van der Waals surface area contributed by atoms with E-state index in [1.165, 1.54) is 31.2 Å². The van der Waals surface area contributed by atoms with E-state index < -0.39 is 0 Å². The van der Waals surface area contributed by atoms with Gasteiger partial charge >= 0.3 is 0 Å². The zero-order valence-electron chi connectivity index (χ0n) is 12.5. The quantitative estimate of drug-likeness (QED) is 0.809. The molecule has 1 amide bonds. The largest absolute Gasteiger partial charge is 0.345 e. The molecule has 0 radical (unpaired) electrons. The summed E-state index contributed by atoms with van der Waals surface area (Å²) >= 11 is 3.47. The number of hydrogen-bond donors (Lipinski definition) is 1. The number of halogens is 1. The predicted molar refractivity (Wildman–Crippen MR) is 92.7 cm³/mol. The van der Waals surface area contributed by atoms with Crippen LogP contribution >= 0.6 is 15.9 Å². The molecule has 1 aliphatic rings. The Kier molecular flexibility index (Phi) is 4.94. The van der Waals surface area contributed by atoms with E-state index in [-0.39, 0.29) is 11.9 Å². The molecule has 1 aliphatic carbocycles. The predicted octanol–water partition coefficient (Wildman–Crippen LogP) is 5.11. The maximum Gasteiger partial charge on any atom is 0.252 e. The first-order valence-corrected chi connectivity index (χ1v) is 8.65. The molecule has 2 aromatic rings. The number of carbonyl (C=O) groups is 1. The van der Waals surface area contributed by atoms with Crippen molar-refractivity contribution in [2.75, 3.05) is 0 Å². The first kappa shape index (κ1) is 15.3. The minimum Gasteiger partial charge on any atom is -0.345 e. The van der Waals surface area contributed by atoms with Crippen molar-refractivity contribution in [1.82, 2.24) is 5.32 Å². The first-order valence-electron chi connectivity index (χ1n) is 7.86. The fourth-order valence-corrected chi connectivity index (χ4v) is 3.75. The summed E-state index contributed by atoms with van der Waals surface area (Å²) < 4.78 is 0.839. The van der Waals surface area contributed by atoms with Gasteiger partial charge in [-0.2, -0.15) is 0 Å². The monoisotopic (exact) mass is 357 g/mol. The third-order valence-corrected chi connectivity index (χ3v) is 5.13. The van der Waals surface area contributed by atoms with E-state index in [1.807, 2.05) is 42.5 Å². The van der Waals surface area contributed by atoms with Gasteiger partial charge in [-0.3, -0.25) is 4.79 Å². The van der Waals surface area contributed by atoms with Gasteiger partial charge in [-0.25, -0.2) is 0 Å². The van der Waals surface area contributed by atoms with Gasteiger partial charge in [0.25, 0.3) is 5.91 Å². The second-order valence-electron chi connectivity index (χ2n) is 5.89. The van der Waals surface area contributed by atoms with E-state index in [9.17, 15) is 4.79 Å². The molecule has 2 aromatic carbocycles. The molecular formula is C19H20BrNO. The summed E-state index contributed by atoms with van der Waals surface area (Å²) in [6.07, 6.45) is 4.91. The lowest BCUT2D eigenvalue weighted by molar-refractivity contribution is 0.0921. The van der Waals surface area contributed by atoms with Gasteiger partial charge in [-0.1, -0.05) is 55.3 Å². The Morgan fingerprint density at radius 1 is 1.00 bits per heavy atom. The van der Waals surface area contributed by atoms with Crippen LogP contribution in [-0.4, -0.2) is 5.91 Å². The third-order valence-electron chi connectivity index (χ3n) is 4.44. The van der Waals surface area contributed by atoms with Crippen LogP contribution in [0.4, 0.5) is 0 Å². The average Bonchev–Trinajstić information content (AvgIpc) is 3.08. The molecule has 1 fully saturated rings. The third kappa shape index (κ3) is 3.41. The molecule has 1 atom stereocenters. The Balaban J connectivity index is 1.84. The van der Waals surface area contributed by atoms with Crippen LogP contribution < -0.4 is 5.32 Å². The van der Waals surface area contributed by atoms with Crippen LogP contribution in [0.1, 0.15) is 47.6 Å². The molecule has 1 saturated carbocycles. The lowest BCUT2D eigenvalue weighted by Crippen LogP contribution is -2.32. The zero-order valence-corrected chi connectivity index (χ0v) is 14.1. The molecule has 0 aromatic heterocycles. The second-order valence-corrected chi connectivity index (χ2v) is 6.74. The van der Waals surface area contributed by atoms with Gasteiger partial charge in [-0.15, -0.1) is 0 Å². The molecule has 0 spiro atoms. The van der Waals surface area contributed by atoms with E-state index in [0.717, 1.165) is 4.47 Å². The van der Waals surface area contributed by atoms with Crippen LogP contribution in [0.3, 0.4) is 0 Å². The van der Waals surface area contributed by atoms with Crippen LogP contribution in [0.5, 0.6) is 0 Å². The van der Waals surface area contributed by atoms with Crippen molar-refractivity contribution < 1.29 is 4.79 Å². The van der Waals surface area contributed by atoms with E-state index in [2.05, 4.69) is 33.4 Å². The summed E-state index contributed by atoms with van der Waals surface area (Å²) in [7, 11) is 0. The summed E-state index contributed by atoms with van der Waals surface area (Å²) in [5.41, 5.74) is 1.90. The van der Waals surface area contributed by atoms with Gasteiger partial charge < -0.3 is 5.32 Å². The van der Waals surface area contributed by atoms with Gasteiger partial charge in [0, 0.05) is 4.47 Å². The number of amides is 1. The fourth-order valence-electron chi connectivity index (χ4n) is 3.29. The highest BCUT2D eigenvalue weighted by molar-refractivity contribution is 9.10. The standard InChI is InChI=1S/C19H20BrNO/c20-17-13-7-6-12-16(17)19(22)21-18(15-10-4-5-11-15)14-8-2-1-3-9-14/h1-3,6-9,12-13,15,18H,4-5,10-11H2,(H,21,22). The number of rotatable bonds is 4. The van der Waals surface area contributed by atoms with Crippen molar-refractivity contribution in [1.29, 1.82) is 0 Å². The van der Waals surface area contributed by atoms with E-state index in [1.54, 1.807) is 0 Å². The molecule has 22 heavy (non-hydrogen) atoms. The molecule has 3 rings (SSSR count). The lowest BCUT2D eigenvalue weighted by Gasteiger charge is -2.25. The van der Waals surface area contributed by atoms with Crippen molar-refractivity contribution in [2.45, 2.75) is 31.7 Å². The van der Waals surface area contributed by atoms with Gasteiger partial charge in [0.2, 0.25) is 0 Å². The zero-order chi connectivity index (χ0) is 15.4. The van der Waals surface area contributed by atoms with Crippen molar-refractivity contribution >= 4 is 21.8 Å². The molecule has 0 saturated heterocycles. The minimum atomic E-state index is -0.00627. The Labute approximate surface area is 140 Å². The van der Waals surface area contributed by atoms with Gasteiger partial charge in [0.15, 0.2) is 0 Å². The smallest absolute Gasteiger partial charge is 0.252 e. The number of carbonyl (C=O) groups excluding carboxylic acids is 1. The molecule has 3 heteroatoms. The van der Waals surface area contributed by atoms with Crippen LogP contribution in [0.2, 0.25) is 0 Å². The van der Waals surface area contributed by atoms with Crippen LogP contribution in [0.25, 0.3) is 0 Å². The topological polar surface area (TPSA) is 29.1 Å². The highest BCUT2D eigenvalue weighted by Crippen LogP contribution is 2.36. The molecule has 0 aliphatic heterocycles. The Hall–Kier alpha value is -1.61. The Morgan fingerprint density at radius 3 is 2.32 bits per heavy atom. The molecule has 114 valence electrons. The molecule has 0 heterocycles. The fraction of sp³-hybridized carbons (Fsp3) is 0.316. The molecular weight excluding hydrogens is 338 g/mol. The number of hydrogen-bond acceptors (Lipinski definition) is 1. The number of nitrogens with one attached hydrogen (secondary N) is 1. The lowest BCUT2D eigenvalue weighted by atomic mass is 9.91. The van der Waals surface area contributed by atoms with Crippen molar-refractivity contribution in [3.8, 4) is 0 Å². The van der Waals surface area contributed by atoms with Gasteiger partial charge in [0.05, 0.1) is 11.6 Å². The second kappa shape index (κ2) is 7.10. The molecule has 2 nitrogen and oxygen atoms in total. The van der Waals surface area contributed by atoms with Gasteiger partial charge in [0.1, 0.15) is 0 Å². The summed E-state index contributed by atoms with van der Waals surface area (Å²) in [5.74, 6) is 0.530. The minimum absolute atomic E-state index is 0.00627. The summed E-state index contributed by atoms with van der Waals surface area (Å²) in [6.45, 7) is 0. The van der Waals surface area contributed by atoms with E-state index in [0.29, 0.717) is 11.5 Å². The molecule has 1 unspecified atom stereocenters. The van der Waals surface area contributed by atoms with Crippen LogP contribution in [0.15, 0.2) is 59.1 Å². The SMILES string of the molecule is O=C(NC(c1ccccc1)C1CCCC1)c1ccccc1Br. The highest BCUT2D eigenvalue weighted by atomic mass is 79.9. The van der Waals surface area contributed by atoms with Crippen LogP contribution in [0, 0.1) is 5.92 Å². The van der Waals surface area contributed by atoms with Crippen molar-refractivity contribution in [3.63, 3.8) is 0 Å². The Bertz CT molecular complexity index is 635. The summed E-state index contributed by atoms with van der Waals surface area (Å²) in [6, 6.07) is 18.0. The summed E-state index contributed by atoms with van der Waals surface area (Å²) in [5, 5.41) is 3.26. The highest BCUT2D eigenvalue weighted by Gasteiger charge is 2.28. The van der Waals surface area contributed by atoms with E-state index >= 15 is 0 Å². The Morgan fingerprint density at radius 2 is 1.64 bits per heavy atom.